The molecule has 30 heavy (non-hydrogen) atoms. The van der Waals surface area contributed by atoms with E-state index in [4.69, 9.17) is 11.6 Å². The number of piperazine rings is 1. The van der Waals surface area contributed by atoms with E-state index >= 15 is 0 Å². The minimum absolute atomic E-state index is 0.135. The van der Waals surface area contributed by atoms with Gasteiger partial charge >= 0.3 is 0 Å². The molecule has 1 saturated carbocycles. The van der Waals surface area contributed by atoms with E-state index in [-0.39, 0.29) is 17.7 Å². The molecule has 1 heterocycles. The van der Waals surface area contributed by atoms with Gasteiger partial charge in [0.2, 0.25) is 11.8 Å². The van der Waals surface area contributed by atoms with E-state index in [0.717, 1.165) is 6.42 Å². The van der Waals surface area contributed by atoms with Crippen LogP contribution in [0.25, 0.3) is 0 Å². The van der Waals surface area contributed by atoms with Crippen LogP contribution in [0.3, 0.4) is 0 Å². The molecular weight excluding hydrogens is 402 g/mol. The van der Waals surface area contributed by atoms with E-state index in [9.17, 15) is 14.4 Å². The van der Waals surface area contributed by atoms with Crippen molar-refractivity contribution in [1.82, 2.24) is 15.1 Å². The standard InChI is InChI=1S/C23H32ClN3O3/c1-17(25-22(29)19-9-5-6-10-20(19)24)23(30)27-15-13-26(14-16-27)21(28)12-11-18-7-3-2-4-8-18/h5-6,9-10,17-18H,2-4,7-8,11-16H2,1H3,(H,25,29). The third-order valence-electron chi connectivity index (χ3n) is 6.27. The molecule has 1 unspecified atom stereocenters. The van der Waals surface area contributed by atoms with Crippen LogP contribution in [0.4, 0.5) is 0 Å². The van der Waals surface area contributed by atoms with Gasteiger partial charge in [-0.1, -0.05) is 55.8 Å². The molecule has 3 rings (SSSR count). The van der Waals surface area contributed by atoms with Crippen molar-refractivity contribution in [3.8, 4) is 0 Å². The van der Waals surface area contributed by atoms with Gasteiger partial charge in [-0.15, -0.1) is 0 Å². The maximum atomic E-state index is 12.7. The summed E-state index contributed by atoms with van der Waals surface area (Å²) < 4.78 is 0. The normalized spacial score (nSPS) is 18.7. The van der Waals surface area contributed by atoms with E-state index in [2.05, 4.69) is 5.32 Å². The van der Waals surface area contributed by atoms with E-state index in [1.807, 2.05) is 4.90 Å². The molecule has 0 radical (unpaired) electrons. The molecule has 1 saturated heterocycles. The van der Waals surface area contributed by atoms with Crippen molar-refractivity contribution >= 4 is 29.3 Å². The first-order valence-electron chi connectivity index (χ1n) is 11.1. The lowest BCUT2D eigenvalue weighted by molar-refractivity contribution is -0.140. The summed E-state index contributed by atoms with van der Waals surface area (Å²) >= 11 is 6.06. The maximum absolute atomic E-state index is 12.7. The van der Waals surface area contributed by atoms with Gasteiger partial charge in [-0.2, -0.15) is 0 Å². The second-order valence-corrected chi connectivity index (χ2v) is 8.83. The van der Waals surface area contributed by atoms with Gasteiger partial charge < -0.3 is 15.1 Å². The minimum Gasteiger partial charge on any atom is -0.340 e. The van der Waals surface area contributed by atoms with Crippen LogP contribution in [0.1, 0.15) is 62.2 Å². The second kappa shape index (κ2) is 10.8. The van der Waals surface area contributed by atoms with Crippen molar-refractivity contribution in [2.24, 2.45) is 5.92 Å². The number of rotatable bonds is 6. The number of halogens is 1. The molecule has 1 aliphatic carbocycles. The number of nitrogens with zero attached hydrogens (tertiary/aromatic N) is 2. The molecule has 3 amide bonds. The molecule has 7 heteroatoms. The molecule has 1 aromatic rings. The molecule has 164 valence electrons. The molecule has 2 aliphatic rings. The zero-order valence-electron chi connectivity index (χ0n) is 17.7. The fraction of sp³-hybridized carbons (Fsp3) is 0.609. The average Bonchev–Trinajstić information content (AvgIpc) is 2.78. The summed E-state index contributed by atoms with van der Waals surface area (Å²) in [6, 6.07) is 6.11. The average molecular weight is 434 g/mol. The van der Waals surface area contributed by atoms with Crippen LogP contribution >= 0.6 is 11.6 Å². The fourth-order valence-electron chi connectivity index (χ4n) is 4.39. The van der Waals surface area contributed by atoms with Crippen molar-refractivity contribution in [3.63, 3.8) is 0 Å². The third kappa shape index (κ3) is 5.97. The van der Waals surface area contributed by atoms with Crippen molar-refractivity contribution in [1.29, 1.82) is 0 Å². The third-order valence-corrected chi connectivity index (χ3v) is 6.60. The predicted molar refractivity (Wildman–Crippen MR) is 117 cm³/mol. The Morgan fingerprint density at radius 3 is 2.33 bits per heavy atom. The highest BCUT2D eigenvalue weighted by Gasteiger charge is 2.28. The van der Waals surface area contributed by atoms with Crippen LogP contribution in [-0.4, -0.2) is 59.7 Å². The smallest absolute Gasteiger partial charge is 0.253 e. The van der Waals surface area contributed by atoms with Gasteiger partial charge in [0.15, 0.2) is 0 Å². The van der Waals surface area contributed by atoms with E-state index < -0.39 is 6.04 Å². The zero-order valence-corrected chi connectivity index (χ0v) is 18.5. The summed E-state index contributed by atoms with van der Waals surface area (Å²) in [6.45, 7) is 3.79. The first-order chi connectivity index (χ1) is 14.5. The quantitative estimate of drug-likeness (QED) is 0.746. The Morgan fingerprint density at radius 1 is 1.03 bits per heavy atom. The molecule has 1 atom stereocenters. The molecular formula is C23H32ClN3O3. The van der Waals surface area contributed by atoms with Crippen LogP contribution in [0.15, 0.2) is 24.3 Å². The van der Waals surface area contributed by atoms with Gasteiger partial charge in [-0.05, 0) is 31.4 Å². The van der Waals surface area contributed by atoms with Crippen molar-refractivity contribution < 1.29 is 14.4 Å². The Morgan fingerprint density at radius 2 is 1.67 bits per heavy atom. The zero-order chi connectivity index (χ0) is 21.5. The predicted octanol–water partition coefficient (Wildman–Crippen LogP) is 3.49. The Hall–Kier alpha value is -2.08. The molecule has 6 nitrogen and oxygen atoms in total. The van der Waals surface area contributed by atoms with Crippen molar-refractivity contribution in [3.05, 3.63) is 34.9 Å². The van der Waals surface area contributed by atoms with Gasteiger partial charge in [0, 0.05) is 32.6 Å². The highest BCUT2D eigenvalue weighted by molar-refractivity contribution is 6.33. The van der Waals surface area contributed by atoms with Crippen LogP contribution in [0.5, 0.6) is 0 Å². The first kappa shape index (κ1) is 22.6. The van der Waals surface area contributed by atoms with Gasteiger partial charge in [0.05, 0.1) is 10.6 Å². The SMILES string of the molecule is CC(NC(=O)c1ccccc1Cl)C(=O)N1CCN(C(=O)CCC2CCCCC2)CC1. The number of benzene rings is 1. The molecule has 1 aromatic carbocycles. The highest BCUT2D eigenvalue weighted by atomic mass is 35.5. The van der Waals surface area contributed by atoms with Gasteiger partial charge in [0.1, 0.15) is 6.04 Å². The van der Waals surface area contributed by atoms with Crippen LogP contribution < -0.4 is 5.32 Å². The van der Waals surface area contributed by atoms with E-state index in [0.29, 0.717) is 49.1 Å². The number of hydrogen-bond donors (Lipinski definition) is 1. The molecule has 2 fully saturated rings. The maximum Gasteiger partial charge on any atom is 0.253 e. The number of nitrogens with one attached hydrogen (secondary N) is 1. The molecule has 0 aromatic heterocycles. The Balaban J connectivity index is 1.42. The van der Waals surface area contributed by atoms with E-state index in [1.165, 1.54) is 32.1 Å². The van der Waals surface area contributed by atoms with Crippen molar-refractivity contribution in [2.75, 3.05) is 26.2 Å². The number of carbonyl (C=O) groups is 3. The number of carbonyl (C=O) groups excluding carboxylic acids is 3. The van der Waals surface area contributed by atoms with Gasteiger partial charge in [0.25, 0.3) is 5.91 Å². The fourth-order valence-corrected chi connectivity index (χ4v) is 4.61. The lowest BCUT2D eigenvalue weighted by Crippen LogP contribution is -2.55. The Kier molecular flexibility index (Phi) is 8.14. The van der Waals surface area contributed by atoms with E-state index in [1.54, 1.807) is 36.1 Å². The molecule has 0 spiro atoms. The summed E-state index contributed by atoms with van der Waals surface area (Å²) in [4.78, 5) is 41.3. The molecule has 0 bridgehead atoms. The molecule has 1 aliphatic heterocycles. The summed E-state index contributed by atoms with van der Waals surface area (Å²) in [7, 11) is 0. The summed E-state index contributed by atoms with van der Waals surface area (Å²) in [5.41, 5.74) is 0.354. The summed E-state index contributed by atoms with van der Waals surface area (Å²) in [5, 5.41) is 3.09. The monoisotopic (exact) mass is 433 g/mol. The summed E-state index contributed by atoms with van der Waals surface area (Å²) in [6.07, 6.45) is 8.04. The van der Waals surface area contributed by atoms with Crippen LogP contribution in [0, 0.1) is 5.92 Å². The topological polar surface area (TPSA) is 69.7 Å². The highest BCUT2D eigenvalue weighted by Crippen LogP contribution is 2.27. The van der Waals surface area contributed by atoms with Crippen molar-refractivity contribution in [2.45, 2.75) is 57.9 Å². The number of amides is 3. The largest absolute Gasteiger partial charge is 0.340 e. The molecule has 1 N–H and O–H groups in total. The lowest BCUT2D eigenvalue weighted by atomic mass is 9.86. The second-order valence-electron chi connectivity index (χ2n) is 8.42. The Bertz CT molecular complexity index is 756. The van der Waals surface area contributed by atoms with Gasteiger partial charge in [-0.25, -0.2) is 0 Å². The first-order valence-corrected chi connectivity index (χ1v) is 11.5. The Labute approximate surface area is 183 Å². The lowest BCUT2D eigenvalue weighted by Gasteiger charge is -2.36. The number of hydrogen-bond acceptors (Lipinski definition) is 3. The minimum atomic E-state index is -0.651. The summed E-state index contributed by atoms with van der Waals surface area (Å²) in [5.74, 6) is 0.406. The van der Waals surface area contributed by atoms with Crippen LogP contribution in [0.2, 0.25) is 5.02 Å². The van der Waals surface area contributed by atoms with Crippen LogP contribution in [-0.2, 0) is 9.59 Å². The van der Waals surface area contributed by atoms with Gasteiger partial charge in [-0.3, -0.25) is 14.4 Å².